The first-order chi connectivity index (χ1) is 7.09. The second kappa shape index (κ2) is 4.94. The van der Waals surface area contributed by atoms with Crippen LogP contribution in [0.3, 0.4) is 0 Å². The Bertz CT molecular complexity index is 378. The van der Waals surface area contributed by atoms with E-state index < -0.39 is 11.7 Å². The highest BCUT2D eigenvalue weighted by atomic mass is 16.7. The fourth-order valence-corrected chi connectivity index (χ4v) is 1.01. The molecule has 0 radical (unpaired) electrons. The molecule has 0 aliphatic rings. The number of nitrogens with one attached hydrogen (secondary N) is 1. The number of carbonyl (C=O) groups is 1. The summed E-state index contributed by atoms with van der Waals surface area (Å²) < 4.78 is 4.89. The van der Waals surface area contributed by atoms with E-state index in [1.807, 2.05) is 0 Å². The van der Waals surface area contributed by atoms with Crippen LogP contribution < -0.4 is 10.1 Å². The summed E-state index contributed by atoms with van der Waals surface area (Å²) in [6, 6.07) is 6.52. The molecule has 0 bridgehead atoms. The number of hydrogen-bond acceptors (Lipinski definition) is 4. The number of amides is 1. The Hall–Kier alpha value is -2.11. The van der Waals surface area contributed by atoms with Gasteiger partial charge in [-0.15, -0.1) is 0 Å². The van der Waals surface area contributed by atoms with E-state index in [0.29, 0.717) is 5.69 Å². The number of ether oxygens (including phenoxy) is 1. The van der Waals surface area contributed by atoms with E-state index in [4.69, 9.17) is 4.74 Å². The Morgan fingerprint density at radius 3 is 2.80 bits per heavy atom. The van der Waals surface area contributed by atoms with Gasteiger partial charge in [0, 0.05) is 6.92 Å². The van der Waals surface area contributed by atoms with Gasteiger partial charge in [0.2, 0.25) is 5.91 Å². The first-order valence-electron chi connectivity index (χ1n) is 4.21. The van der Waals surface area contributed by atoms with Crippen LogP contribution in [0.1, 0.15) is 6.92 Å². The van der Waals surface area contributed by atoms with Gasteiger partial charge in [0.25, 0.3) is 0 Å². The molecular weight excluding hydrogens is 200 g/mol. The van der Waals surface area contributed by atoms with Gasteiger partial charge in [-0.05, 0) is 12.1 Å². The molecule has 0 fully saturated rings. The van der Waals surface area contributed by atoms with E-state index in [0.717, 1.165) is 0 Å². The summed E-state index contributed by atoms with van der Waals surface area (Å²) in [5.74, 6) is 0.0246. The largest absolute Gasteiger partial charge is 0.430 e. The Morgan fingerprint density at radius 2 is 2.20 bits per heavy atom. The summed E-state index contributed by atoms with van der Waals surface area (Å²) >= 11 is 0. The average molecular weight is 210 g/mol. The van der Waals surface area contributed by atoms with Gasteiger partial charge in [0.1, 0.15) is 5.75 Å². The average Bonchev–Trinajstić information content (AvgIpc) is 2.15. The molecule has 80 valence electrons. The summed E-state index contributed by atoms with van der Waals surface area (Å²) in [6.45, 7) is 0.723. The highest BCUT2D eigenvalue weighted by Gasteiger charge is 2.06. The lowest BCUT2D eigenvalue weighted by molar-refractivity contribution is -0.514. The SMILES string of the molecule is CC(=O)Nc1ccccc1OC[N+](=O)[O-]. The van der Waals surface area contributed by atoms with Crippen LogP contribution in [0.15, 0.2) is 24.3 Å². The van der Waals surface area contributed by atoms with E-state index >= 15 is 0 Å². The fraction of sp³-hybridized carbons (Fsp3) is 0.222. The molecule has 0 aliphatic carbocycles. The fourth-order valence-electron chi connectivity index (χ4n) is 1.01. The van der Waals surface area contributed by atoms with Crippen molar-refractivity contribution in [1.29, 1.82) is 0 Å². The molecular formula is C9H10N2O4. The van der Waals surface area contributed by atoms with Crippen molar-refractivity contribution < 1.29 is 14.5 Å². The number of anilines is 1. The van der Waals surface area contributed by atoms with Crippen LogP contribution in [0, 0.1) is 10.1 Å². The lowest BCUT2D eigenvalue weighted by Crippen LogP contribution is -2.11. The number of para-hydroxylation sites is 2. The third-order valence-corrected chi connectivity index (χ3v) is 1.52. The molecule has 1 N–H and O–H groups in total. The topological polar surface area (TPSA) is 81.5 Å². The van der Waals surface area contributed by atoms with Crippen LogP contribution in [0.2, 0.25) is 0 Å². The Labute approximate surface area is 86.0 Å². The van der Waals surface area contributed by atoms with Crippen molar-refractivity contribution in [2.45, 2.75) is 6.92 Å². The quantitative estimate of drug-likeness (QED) is 0.460. The summed E-state index contributed by atoms with van der Waals surface area (Å²) in [5, 5.41) is 12.6. The normalized spacial score (nSPS) is 9.40. The monoisotopic (exact) mass is 210 g/mol. The zero-order valence-electron chi connectivity index (χ0n) is 8.10. The minimum Gasteiger partial charge on any atom is -0.430 e. The first kappa shape index (κ1) is 11.0. The lowest BCUT2D eigenvalue weighted by atomic mass is 10.3. The van der Waals surface area contributed by atoms with Gasteiger partial charge in [-0.1, -0.05) is 12.1 Å². The number of nitrogens with zero attached hydrogens (tertiary/aromatic N) is 1. The van der Waals surface area contributed by atoms with Crippen LogP contribution in [0.5, 0.6) is 5.75 Å². The molecule has 0 aliphatic heterocycles. The van der Waals surface area contributed by atoms with E-state index in [9.17, 15) is 14.9 Å². The first-order valence-corrected chi connectivity index (χ1v) is 4.21. The van der Waals surface area contributed by atoms with E-state index in [1.165, 1.54) is 6.92 Å². The molecule has 1 aromatic rings. The van der Waals surface area contributed by atoms with E-state index in [2.05, 4.69) is 5.32 Å². The molecule has 15 heavy (non-hydrogen) atoms. The zero-order chi connectivity index (χ0) is 11.3. The molecule has 1 rings (SSSR count). The van der Waals surface area contributed by atoms with Crippen LogP contribution >= 0.6 is 0 Å². The van der Waals surface area contributed by atoms with Crippen molar-refractivity contribution in [3.8, 4) is 5.75 Å². The predicted octanol–water partition coefficient (Wildman–Crippen LogP) is 1.26. The molecule has 6 nitrogen and oxygen atoms in total. The van der Waals surface area contributed by atoms with Crippen molar-refractivity contribution >= 4 is 11.6 Å². The van der Waals surface area contributed by atoms with E-state index in [-0.39, 0.29) is 11.7 Å². The van der Waals surface area contributed by atoms with Crippen molar-refractivity contribution in [2.75, 3.05) is 12.0 Å². The van der Waals surface area contributed by atoms with Gasteiger partial charge in [-0.25, -0.2) is 0 Å². The molecule has 0 saturated heterocycles. The maximum absolute atomic E-state index is 10.8. The van der Waals surface area contributed by atoms with Crippen molar-refractivity contribution in [3.63, 3.8) is 0 Å². The van der Waals surface area contributed by atoms with E-state index in [1.54, 1.807) is 24.3 Å². The van der Waals surface area contributed by atoms with Crippen LogP contribution in [-0.2, 0) is 4.79 Å². The minimum atomic E-state index is -0.628. The van der Waals surface area contributed by atoms with Crippen LogP contribution in [0.4, 0.5) is 5.69 Å². The maximum atomic E-state index is 10.8. The lowest BCUT2D eigenvalue weighted by Gasteiger charge is -2.08. The number of nitro groups is 1. The Morgan fingerprint density at radius 1 is 1.53 bits per heavy atom. The third kappa shape index (κ3) is 3.63. The summed E-state index contributed by atoms with van der Waals surface area (Å²) in [4.78, 5) is 20.3. The molecule has 6 heteroatoms. The molecule has 0 saturated carbocycles. The molecule has 1 amide bonds. The highest BCUT2D eigenvalue weighted by molar-refractivity contribution is 5.90. The summed E-state index contributed by atoms with van der Waals surface area (Å²) in [5.41, 5.74) is 0.423. The van der Waals surface area contributed by atoms with Gasteiger partial charge in [0.05, 0.1) is 10.6 Å². The summed E-state index contributed by atoms with van der Waals surface area (Å²) in [6.07, 6.45) is 0. The number of benzene rings is 1. The minimum absolute atomic E-state index is 0.257. The number of hydrogen-bond donors (Lipinski definition) is 1. The maximum Gasteiger partial charge on any atom is 0.344 e. The molecule has 0 atom stereocenters. The number of rotatable bonds is 4. The zero-order valence-corrected chi connectivity index (χ0v) is 8.10. The van der Waals surface area contributed by atoms with Crippen molar-refractivity contribution in [2.24, 2.45) is 0 Å². The van der Waals surface area contributed by atoms with Gasteiger partial charge >= 0.3 is 6.73 Å². The summed E-state index contributed by atoms with van der Waals surface area (Å²) in [7, 11) is 0. The third-order valence-electron chi connectivity index (χ3n) is 1.52. The molecule has 0 heterocycles. The van der Waals surface area contributed by atoms with Gasteiger partial charge in [-0.2, -0.15) is 0 Å². The smallest absolute Gasteiger partial charge is 0.344 e. The number of carbonyl (C=O) groups excluding carboxylic acids is 1. The van der Waals surface area contributed by atoms with Crippen LogP contribution in [-0.4, -0.2) is 17.6 Å². The second-order valence-corrected chi connectivity index (χ2v) is 2.78. The highest BCUT2D eigenvalue weighted by Crippen LogP contribution is 2.23. The Balaban J connectivity index is 2.76. The molecule has 0 aromatic heterocycles. The van der Waals surface area contributed by atoms with Crippen LogP contribution in [0.25, 0.3) is 0 Å². The van der Waals surface area contributed by atoms with Crippen molar-refractivity contribution in [1.82, 2.24) is 0 Å². The standard InChI is InChI=1S/C9H10N2O4/c1-7(12)10-8-4-2-3-5-9(8)15-6-11(13)14/h2-5H,6H2,1H3,(H,10,12). The second-order valence-electron chi connectivity index (χ2n) is 2.78. The van der Waals surface area contributed by atoms with Gasteiger partial charge in [0.15, 0.2) is 0 Å². The Kier molecular flexibility index (Phi) is 3.61. The molecule has 0 unspecified atom stereocenters. The molecule has 1 aromatic carbocycles. The van der Waals surface area contributed by atoms with Gasteiger partial charge < -0.3 is 10.1 Å². The van der Waals surface area contributed by atoms with Crippen molar-refractivity contribution in [3.05, 3.63) is 34.4 Å². The predicted molar refractivity (Wildman–Crippen MR) is 53.2 cm³/mol. The van der Waals surface area contributed by atoms with Gasteiger partial charge in [-0.3, -0.25) is 14.9 Å². The molecule has 0 spiro atoms.